The lowest BCUT2D eigenvalue weighted by molar-refractivity contribution is 0.510. The van der Waals surface area contributed by atoms with E-state index in [0.29, 0.717) is 11.3 Å². The van der Waals surface area contributed by atoms with Gasteiger partial charge in [-0.2, -0.15) is 0 Å². The average molecular weight is 401 g/mol. The number of rotatable bonds is 7. The Bertz CT molecular complexity index is 624. The van der Waals surface area contributed by atoms with Crippen molar-refractivity contribution < 1.29 is 4.39 Å². The fourth-order valence-corrected chi connectivity index (χ4v) is 2.13. The van der Waals surface area contributed by atoms with Crippen LogP contribution in [-0.4, -0.2) is 12.7 Å². The van der Waals surface area contributed by atoms with E-state index in [2.05, 4.69) is 27.0 Å². The number of nitrogens with two attached hydrogens (primary N) is 2. The van der Waals surface area contributed by atoms with Crippen molar-refractivity contribution in [1.29, 1.82) is 0 Å². The maximum absolute atomic E-state index is 12.2. The van der Waals surface area contributed by atoms with Crippen molar-refractivity contribution >= 4 is 0 Å². The van der Waals surface area contributed by atoms with Gasteiger partial charge in [0.25, 0.3) is 0 Å². The summed E-state index contributed by atoms with van der Waals surface area (Å²) in [5.41, 5.74) is 14.8. The molecule has 0 aliphatic heterocycles. The van der Waals surface area contributed by atoms with Gasteiger partial charge in [-0.25, -0.2) is 4.39 Å². The van der Waals surface area contributed by atoms with Gasteiger partial charge in [-0.1, -0.05) is 108 Å². The molecule has 1 atom stereocenters. The molecule has 0 aliphatic carbocycles. The molecule has 29 heavy (non-hydrogen) atoms. The van der Waals surface area contributed by atoms with Crippen LogP contribution in [-0.2, 0) is 12.8 Å². The van der Waals surface area contributed by atoms with Crippen molar-refractivity contribution in [2.24, 2.45) is 11.5 Å². The first kappa shape index (κ1) is 28.8. The van der Waals surface area contributed by atoms with Gasteiger partial charge in [0, 0.05) is 18.2 Å². The van der Waals surface area contributed by atoms with E-state index in [9.17, 15) is 4.39 Å². The molecule has 1 unspecified atom stereocenters. The first-order chi connectivity index (χ1) is 13.9. The number of allylic oxidation sites excluding steroid dienone is 1. The third-order valence-electron chi connectivity index (χ3n) is 3.56. The number of hydrogen-bond acceptors (Lipinski definition) is 2. The van der Waals surface area contributed by atoms with Gasteiger partial charge in [0.05, 0.1) is 0 Å². The number of hydrogen-bond donors (Lipinski definition) is 2. The molecule has 0 spiro atoms. The highest BCUT2D eigenvalue weighted by atomic mass is 19.1. The number of aryl methyl sites for hydroxylation is 1. The molecule has 0 radical (unpaired) electrons. The van der Waals surface area contributed by atoms with Crippen LogP contribution >= 0.6 is 0 Å². The van der Waals surface area contributed by atoms with Crippen LogP contribution in [0.1, 0.15) is 51.7 Å². The zero-order valence-electron chi connectivity index (χ0n) is 18.8. The fourth-order valence-electron chi connectivity index (χ4n) is 2.13. The molecule has 2 rings (SSSR count). The van der Waals surface area contributed by atoms with E-state index in [1.807, 2.05) is 74.5 Å². The minimum atomic E-state index is -0.518. The Labute approximate surface area is 178 Å². The standard InChI is InChI=1S/C12H16FN.C9H11N.C3H8.C2H6/c1-10(9-13)12(14)8-7-11-5-3-2-4-6-11;1-8(10)7-9-5-3-2-4-6-9;1-3-2;1-2/h2-6,12H,1,7-9,14H2;2-6H,1,7,10H2;3H2,1-2H3;1-2H3. The van der Waals surface area contributed by atoms with Crippen LogP contribution in [0.15, 0.2) is 85.1 Å². The Morgan fingerprint density at radius 2 is 1.31 bits per heavy atom. The number of alkyl halides is 1. The highest BCUT2D eigenvalue weighted by molar-refractivity contribution is 5.19. The lowest BCUT2D eigenvalue weighted by Crippen LogP contribution is -2.23. The Kier molecular flexibility index (Phi) is 20.2. The summed E-state index contributed by atoms with van der Waals surface area (Å²) >= 11 is 0. The molecular formula is C26H41FN2. The van der Waals surface area contributed by atoms with Crippen LogP contribution in [0.4, 0.5) is 4.39 Å². The smallest absolute Gasteiger partial charge is 0.112 e. The molecule has 0 fully saturated rings. The zero-order valence-corrected chi connectivity index (χ0v) is 18.8. The summed E-state index contributed by atoms with van der Waals surface area (Å²) in [4.78, 5) is 0. The molecule has 0 saturated heterocycles. The summed E-state index contributed by atoms with van der Waals surface area (Å²) in [5, 5.41) is 0. The summed E-state index contributed by atoms with van der Waals surface area (Å²) < 4.78 is 12.2. The highest BCUT2D eigenvalue weighted by Gasteiger charge is 2.06. The monoisotopic (exact) mass is 400 g/mol. The van der Waals surface area contributed by atoms with Crippen LogP contribution in [0.2, 0.25) is 0 Å². The van der Waals surface area contributed by atoms with E-state index in [1.165, 1.54) is 17.5 Å². The Morgan fingerprint density at radius 3 is 1.69 bits per heavy atom. The molecule has 2 aromatic carbocycles. The molecule has 2 nitrogen and oxygen atoms in total. The summed E-state index contributed by atoms with van der Waals surface area (Å²) in [6.07, 6.45) is 3.66. The summed E-state index contributed by atoms with van der Waals surface area (Å²) in [6, 6.07) is 19.9. The fraction of sp³-hybridized carbons (Fsp3) is 0.385. The zero-order chi connectivity index (χ0) is 22.5. The maximum Gasteiger partial charge on any atom is 0.112 e. The van der Waals surface area contributed by atoms with Crippen molar-refractivity contribution in [3.63, 3.8) is 0 Å². The third kappa shape index (κ3) is 17.4. The van der Waals surface area contributed by atoms with Crippen LogP contribution in [0.5, 0.6) is 0 Å². The summed E-state index contributed by atoms with van der Waals surface area (Å²) in [6.45, 7) is 14.9. The van der Waals surface area contributed by atoms with Gasteiger partial charge in [-0.05, 0) is 29.5 Å². The largest absolute Gasteiger partial charge is 0.402 e. The topological polar surface area (TPSA) is 52.0 Å². The van der Waals surface area contributed by atoms with Crippen LogP contribution in [0, 0.1) is 0 Å². The maximum atomic E-state index is 12.2. The van der Waals surface area contributed by atoms with Crippen molar-refractivity contribution in [2.45, 2.75) is 59.4 Å². The van der Waals surface area contributed by atoms with E-state index >= 15 is 0 Å². The van der Waals surface area contributed by atoms with Gasteiger partial charge in [-0.3, -0.25) is 0 Å². The minimum absolute atomic E-state index is 0.222. The van der Waals surface area contributed by atoms with E-state index in [4.69, 9.17) is 11.5 Å². The van der Waals surface area contributed by atoms with Gasteiger partial charge in [-0.15, -0.1) is 0 Å². The van der Waals surface area contributed by atoms with E-state index in [0.717, 1.165) is 19.3 Å². The molecule has 0 aliphatic rings. The summed E-state index contributed by atoms with van der Waals surface area (Å²) in [7, 11) is 0. The lowest BCUT2D eigenvalue weighted by Gasteiger charge is -2.11. The van der Waals surface area contributed by atoms with Crippen molar-refractivity contribution in [3.8, 4) is 0 Å². The van der Waals surface area contributed by atoms with E-state index in [1.54, 1.807) is 0 Å². The predicted octanol–water partition coefficient (Wildman–Crippen LogP) is 6.62. The van der Waals surface area contributed by atoms with Crippen LogP contribution < -0.4 is 11.5 Å². The highest BCUT2D eigenvalue weighted by Crippen LogP contribution is 2.08. The molecule has 0 amide bonds. The minimum Gasteiger partial charge on any atom is -0.402 e. The molecule has 0 bridgehead atoms. The molecule has 0 heterocycles. The van der Waals surface area contributed by atoms with E-state index < -0.39 is 6.67 Å². The Morgan fingerprint density at radius 1 is 0.897 bits per heavy atom. The second kappa shape index (κ2) is 20.3. The van der Waals surface area contributed by atoms with Crippen LogP contribution in [0.3, 0.4) is 0 Å². The van der Waals surface area contributed by atoms with Crippen molar-refractivity contribution in [1.82, 2.24) is 0 Å². The van der Waals surface area contributed by atoms with Gasteiger partial charge in [0.2, 0.25) is 0 Å². The lowest BCUT2D eigenvalue weighted by atomic mass is 10.0. The molecule has 4 N–H and O–H groups in total. The summed E-state index contributed by atoms with van der Waals surface area (Å²) in [5.74, 6) is 0. The van der Waals surface area contributed by atoms with Gasteiger partial charge < -0.3 is 11.5 Å². The average Bonchev–Trinajstić information content (AvgIpc) is 2.75. The van der Waals surface area contributed by atoms with Crippen LogP contribution in [0.25, 0.3) is 0 Å². The number of benzene rings is 2. The van der Waals surface area contributed by atoms with Gasteiger partial charge in [0.1, 0.15) is 6.67 Å². The molecular weight excluding hydrogens is 359 g/mol. The Hall–Kier alpha value is -2.39. The predicted molar refractivity (Wildman–Crippen MR) is 129 cm³/mol. The molecule has 162 valence electrons. The third-order valence-corrected chi connectivity index (χ3v) is 3.56. The molecule has 2 aromatic rings. The van der Waals surface area contributed by atoms with Gasteiger partial charge >= 0.3 is 0 Å². The van der Waals surface area contributed by atoms with E-state index in [-0.39, 0.29) is 6.04 Å². The normalized spacial score (nSPS) is 10.0. The van der Waals surface area contributed by atoms with Gasteiger partial charge in [0.15, 0.2) is 0 Å². The van der Waals surface area contributed by atoms with Crippen molar-refractivity contribution in [2.75, 3.05) is 6.67 Å². The first-order valence-corrected chi connectivity index (χ1v) is 10.4. The van der Waals surface area contributed by atoms with Crippen molar-refractivity contribution in [3.05, 3.63) is 96.2 Å². The molecule has 3 heteroatoms. The number of halogens is 1. The SMILES string of the molecule is C=C(CF)C(N)CCc1ccccc1.C=C(N)Cc1ccccc1.CC.CCC. The second-order valence-corrected chi connectivity index (χ2v) is 6.45. The quantitative estimate of drug-likeness (QED) is 0.513. The molecule has 0 saturated carbocycles. The Balaban J connectivity index is 0. The molecule has 0 aromatic heterocycles. The first-order valence-electron chi connectivity index (χ1n) is 10.4. The second-order valence-electron chi connectivity index (χ2n) is 6.45.